The van der Waals surface area contributed by atoms with Crippen LogP contribution in [0.4, 0.5) is 0 Å². The topological polar surface area (TPSA) is 38.9 Å². The molecule has 1 unspecified atom stereocenters. The van der Waals surface area contributed by atoms with Crippen LogP contribution >= 0.6 is 11.3 Å². The quantitative estimate of drug-likeness (QED) is 0.832. The Morgan fingerprint density at radius 2 is 2.43 bits per heavy atom. The van der Waals surface area contributed by atoms with Crippen molar-refractivity contribution in [1.82, 2.24) is 4.98 Å². The number of rotatable bonds is 3. The summed E-state index contributed by atoms with van der Waals surface area (Å²) in [4.78, 5) is 6.07. The number of hydrogen-bond acceptors (Lipinski definition) is 3. The van der Waals surface area contributed by atoms with Crippen molar-refractivity contribution >= 4 is 11.3 Å². The molecule has 1 aliphatic carbocycles. The summed E-state index contributed by atoms with van der Waals surface area (Å²) >= 11 is 1.83. The lowest BCUT2D eigenvalue weighted by Crippen LogP contribution is -2.12. The molecule has 1 atom stereocenters. The summed E-state index contributed by atoms with van der Waals surface area (Å²) in [5, 5.41) is 1.12. The molecule has 1 aromatic rings. The maximum atomic E-state index is 5.60. The zero-order chi connectivity index (χ0) is 9.97. The van der Waals surface area contributed by atoms with Crippen molar-refractivity contribution in [2.75, 3.05) is 0 Å². The first kappa shape index (κ1) is 10.1. The molecule has 2 N–H and O–H groups in total. The van der Waals surface area contributed by atoms with Crippen LogP contribution in [-0.4, -0.2) is 4.98 Å². The average molecular weight is 210 g/mol. The molecular weight excluding hydrogens is 192 g/mol. The lowest BCUT2D eigenvalue weighted by atomic mass is 9.88. The third-order valence-electron chi connectivity index (χ3n) is 2.96. The zero-order valence-electron chi connectivity index (χ0n) is 8.75. The number of fused-ring (bicyclic) bond motifs is 1. The van der Waals surface area contributed by atoms with E-state index in [2.05, 4.69) is 11.9 Å². The molecule has 0 spiro atoms. The second kappa shape index (κ2) is 4.41. The summed E-state index contributed by atoms with van der Waals surface area (Å²) in [7, 11) is 0. The van der Waals surface area contributed by atoms with Gasteiger partial charge >= 0.3 is 0 Å². The Kier molecular flexibility index (Phi) is 3.19. The predicted octanol–water partition coefficient (Wildman–Crippen LogP) is 2.51. The van der Waals surface area contributed by atoms with Crippen LogP contribution in [0.5, 0.6) is 0 Å². The highest BCUT2D eigenvalue weighted by Crippen LogP contribution is 2.31. The molecule has 2 nitrogen and oxygen atoms in total. The number of nitrogens with zero attached hydrogens (tertiary/aromatic N) is 1. The second-order valence-corrected chi connectivity index (χ2v) is 5.25. The van der Waals surface area contributed by atoms with Gasteiger partial charge in [-0.3, -0.25) is 0 Å². The molecule has 1 aromatic heterocycles. The van der Waals surface area contributed by atoms with Crippen LogP contribution in [0, 0.1) is 5.92 Å². The van der Waals surface area contributed by atoms with E-state index in [1.165, 1.54) is 42.7 Å². The first-order valence-electron chi connectivity index (χ1n) is 5.51. The molecule has 0 saturated heterocycles. The van der Waals surface area contributed by atoms with Gasteiger partial charge in [0.15, 0.2) is 0 Å². The van der Waals surface area contributed by atoms with Gasteiger partial charge in [0.25, 0.3) is 0 Å². The van der Waals surface area contributed by atoms with E-state index in [4.69, 9.17) is 5.73 Å². The van der Waals surface area contributed by atoms with Gasteiger partial charge in [0.1, 0.15) is 5.01 Å². The lowest BCUT2D eigenvalue weighted by molar-refractivity contribution is 0.423. The molecule has 0 radical (unpaired) electrons. The Labute approximate surface area is 89.5 Å². The van der Waals surface area contributed by atoms with Crippen molar-refractivity contribution in [2.24, 2.45) is 11.7 Å². The molecule has 14 heavy (non-hydrogen) atoms. The molecule has 0 saturated carbocycles. The number of aryl methyl sites for hydroxylation is 1. The Morgan fingerprint density at radius 1 is 1.57 bits per heavy atom. The maximum Gasteiger partial charge on any atom is 0.107 e. The van der Waals surface area contributed by atoms with Crippen LogP contribution in [0.1, 0.15) is 41.8 Å². The fourth-order valence-corrected chi connectivity index (χ4v) is 3.35. The summed E-state index contributed by atoms with van der Waals surface area (Å²) in [6.07, 6.45) is 6.43. The van der Waals surface area contributed by atoms with E-state index in [0.717, 1.165) is 10.9 Å². The number of hydrogen-bond donors (Lipinski definition) is 1. The molecule has 0 aromatic carbocycles. The summed E-state index contributed by atoms with van der Waals surface area (Å²) in [5.41, 5.74) is 6.94. The molecule has 78 valence electrons. The van der Waals surface area contributed by atoms with Gasteiger partial charge < -0.3 is 5.73 Å². The van der Waals surface area contributed by atoms with Crippen LogP contribution in [0.3, 0.4) is 0 Å². The van der Waals surface area contributed by atoms with Gasteiger partial charge in [0, 0.05) is 11.4 Å². The van der Waals surface area contributed by atoms with Crippen LogP contribution in [0.25, 0.3) is 0 Å². The van der Waals surface area contributed by atoms with Crippen molar-refractivity contribution in [3.8, 4) is 0 Å². The van der Waals surface area contributed by atoms with Gasteiger partial charge in [0.2, 0.25) is 0 Å². The summed E-state index contributed by atoms with van der Waals surface area (Å²) < 4.78 is 0. The molecule has 1 aliphatic rings. The first-order valence-corrected chi connectivity index (χ1v) is 6.32. The minimum Gasteiger partial charge on any atom is -0.325 e. The van der Waals surface area contributed by atoms with Gasteiger partial charge in [-0.15, -0.1) is 11.3 Å². The standard InChI is InChI=1S/C11H18N2S/c1-2-3-8-4-5-9-10(6-8)14-11(7-12)13-9/h8H,2-7,12H2,1H3. The molecule has 0 amide bonds. The zero-order valence-corrected chi connectivity index (χ0v) is 9.57. The number of nitrogens with two attached hydrogens (primary N) is 1. The van der Waals surface area contributed by atoms with Crippen molar-refractivity contribution in [1.29, 1.82) is 0 Å². The summed E-state index contributed by atoms with van der Waals surface area (Å²) in [6, 6.07) is 0. The van der Waals surface area contributed by atoms with Crippen LogP contribution in [0.2, 0.25) is 0 Å². The van der Waals surface area contributed by atoms with Crippen LogP contribution in [0.15, 0.2) is 0 Å². The van der Waals surface area contributed by atoms with Gasteiger partial charge in [-0.25, -0.2) is 4.98 Å². The highest BCUT2D eigenvalue weighted by molar-refractivity contribution is 7.11. The fraction of sp³-hybridized carbons (Fsp3) is 0.727. The fourth-order valence-electron chi connectivity index (χ4n) is 2.24. The molecular formula is C11H18N2S. The largest absolute Gasteiger partial charge is 0.325 e. The van der Waals surface area contributed by atoms with Gasteiger partial charge in [0.05, 0.1) is 5.69 Å². The molecule has 0 bridgehead atoms. The molecule has 0 fully saturated rings. The minimum atomic E-state index is 0.607. The normalized spacial score (nSPS) is 20.9. The first-order chi connectivity index (χ1) is 6.83. The number of thiazole rings is 1. The monoisotopic (exact) mass is 210 g/mol. The molecule has 3 heteroatoms. The third-order valence-corrected chi connectivity index (χ3v) is 4.10. The smallest absolute Gasteiger partial charge is 0.107 e. The Bertz CT molecular complexity index is 306. The van der Waals surface area contributed by atoms with Crippen LogP contribution < -0.4 is 5.73 Å². The van der Waals surface area contributed by atoms with Gasteiger partial charge in [-0.1, -0.05) is 19.8 Å². The lowest BCUT2D eigenvalue weighted by Gasteiger charge is -2.20. The average Bonchev–Trinajstić information content (AvgIpc) is 2.60. The van der Waals surface area contributed by atoms with E-state index in [0.29, 0.717) is 6.54 Å². The molecule has 2 rings (SSSR count). The van der Waals surface area contributed by atoms with E-state index >= 15 is 0 Å². The third kappa shape index (κ3) is 1.98. The van der Waals surface area contributed by atoms with Crippen LogP contribution in [-0.2, 0) is 19.4 Å². The maximum absolute atomic E-state index is 5.60. The van der Waals surface area contributed by atoms with Crippen molar-refractivity contribution < 1.29 is 0 Å². The molecule has 1 heterocycles. The Morgan fingerprint density at radius 3 is 3.14 bits per heavy atom. The van der Waals surface area contributed by atoms with E-state index in [1.807, 2.05) is 11.3 Å². The van der Waals surface area contributed by atoms with Crippen molar-refractivity contribution in [3.05, 3.63) is 15.6 Å². The summed E-state index contributed by atoms with van der Waals surface area (Å²) in [6.45, 7) is 2.88. The predicted molar refractivity (Wildman–Crippen MR) is 60.4 cm³/mol. The highest BCUT2D eigenvalue weighted by Gasteiger charge is 2.21. The van der Waals surface area contributed by atoms with Crippen molar-refractivity contribution in [2.45, 2.75) is 45.6 Å². The highest BCUT2D eigenvalue weighted by atomic mass is 32.1. The van der Waals surface area contributed by atoms with E-state index in [9.17, 15) is 0 Å². The Hall–Kier alpha value is -0.410. The summed E-state index contributed by atoms with van der Waals surface area (Å²) in [5.74, 6) is 0.901. The van der Waals surface area contributed by atoms with Gasteiger partial charge in [-0.05, 0) is 25.2 Å². The Balaban J connectivity index is 2.09. The minimum absolute atomic E-state index is 0.607. The van der Waals surface area contributed by atoms with Crippen molar-refractivity contribution in [3.63, 3.8) is 0 Å². The molecule has 0 aliphatic heterocycles. The van der Waals surface area contributed by atoms with E-state index in [-0.39, 0.29) is 0 Å². The van der Waals surface area contributed by atoms with Gasteiger partial charge in [-0.2, -0.15) is 0 Å². The van der Waals surface area contributed by atoms with E-state index < -0.39 is 0 Å². The number of aromatic nitrogens is 1. The second-order valence-electron chi connectivity index (χ2n) is 4.08. The van der Waals surface area contributed by atoms with E-state index in [1.54, 1.807) is 0 Å². The SMILES string of the molecule is CCCC1CCc2nc(CN)sc2C1.